The van der Waals surface area contributed by atoms with Crippen LogP contribution in [-0.4, -0.2) is 0 Å². The summed E-state index contributed by atoms with van der Waals surface area (Å²) < 4.78 is 50.8. The molecular weight excluding hydrogens is 236 g/mol. The standard InChI is InChI=1S/C11H4F4N2/c12-10-3-1-2-9(11(13,14)15)8(10)4-7(5-16)6-17/h1-4H. The van der Waals surface area contributed by atoms with Gasteiger partial charge in [-0.1, -0.05) is 6.07 Å². The first kappa shape index (κ1) is 12.7. The number of nitriles is 2. The van der Waals surface area contributed by atoms with Crippen LogP contribution in [0.25, 0.3) is 6.08 Å². The lowest BCUT2D eigenvalue weighted by molar-refractivity contribution is -0.137. The summed E-state index contributed by atoms with van der Waals surface area (Å²) in [4.78, 5) is 0. The van der Waals surface area contributed by atoms with E-state index in [-0.39, 0.29) is 0 Å². The van der Waals surface area contributed by atoms with Gasteiger partial charge >= 0.3 is 6.18 Å². The molecule has 1 aromatic rings. The Hall–Kier alpha value is -2.34. The Balaban J connectivity index is 3.49. The third-order valence-corrected chi connectivity index (χ3v) is 1.89. The van der Waals surface area contributed by atoms with Crippen LogP contribution in [0.1, 0.15) is 11.1 Å². The maximum atomic E-state index is 13.3. The molecule has 6 heteroatoms. The molecule has 0 bridgehead atoms. The summed E-state index contributed by atoms with van der Waals surface area (Å²) in [5, 5.41) is 16.9. The van der Waals surface area contributed by atoms with E-state index in [4.69, 9.17) is 10.5 Å². The maximum absolute atomic E-state index is 13.3. The van der Waals surface area contributed by atoms with Crippen molar-refractivity contribution < 1.29 is 17.6 Å². The topological polar surface area (TPSA) is 47.6 Å². The number of hydrogen-bond acceptors (Lipinski definition) is 2. The van der Waals surface area contributed by atoms with E-state index >= 15 is 0 Å². The van der Waals surface area contributed by atoms with Crippen molar-refractivity contribution in [1.29, 1.82) is 10.5 Å². The van der Waals surface area contributed by atoms with Crippen molar-refractivity contribution in [3.8, 4) is 12.1 Å². The van der Waals surface area contributed by atoms with E-state index in [0.717, 1.165) is 12.1 Å². The fourth-order valence-electron chi connectivity index (χ4n) is 1.16. The van der Waals surface area contributed by atoms with Crippen LogP contribution in [-0.2, 0) is 6.18 Å². The molecule has 0 spiro atoms. The number of alkyl halides is 3. The highest BCUT2D eigenvalue weighted by Gasteiger charge is 2.33. The normalized spacial score (nSPS) is 10.2. The zero-order chi connectivity index (χ0) is 13.1. The highest BCUT2D eigenvalue weighted by Crippen LogP contribution is 2.33. The minimum Gasteiger partial charge on any atom is -0.206 e. The second-order valence-electron chi connectivity index (χ2n) is 2.98. The lowest BCUT2D eigenvalue weighted by Crippen LogP contribution is -2.08. The largest absolute Gasteiger partial charge is 0.417 e. The number of nitrogens with zero attached hydrogens (tertiary/aromatic N) is 2. The van der Waals surface area contributed by atoms with Crippen molar-refractivity contribution in [2.75, 3.05) is 0 Å². The molecule has 0 aromatic heterocycles. The van der Waals surface area contributed by atoms with E-state index in [9.17, 15) is 17.6 Å². The molecule has 0 atom stereocenters. The van der Waals surface area contributed by atoms with E-state index < -0.39 is 28.7 Å². The monoisotopic (exact) mass is 240 g/mol. The van der Waals surface area contributed by atoms with Gasteiger partial charge in [-0.15, -0.1) is 0 Å². The van der Waals surface area contributed by atoms with Gasteiger partial charge in [0.2, 0.25) is 0 Å². The minimum absolute atomic E-state index is 0.582. The third kappa shape index (κ3) is 2.82. The molecule has 0 N–H and O–H groups in total. The van der Waals surface area contributed by atoms with E-state index in [1.807, 2.05) is 0 Å². The predicted molar refractivity (Wildman–Crippen MR) is 50.6 cm³/mol. The third-order valence-electron chi connectivity index (χ3n) is 1.89. The van der Waals surface area contributed by atoms with Crippen molar-refractivity contribution in [1.82, 2.24) is 0 Å². The molecule has 0 amide bonds. The first-order valence-corrected chi connectivity index (χ1v) is 4.27. The zero-order valence-electron chi connectivity index (χ0n) is 8.22. The molecule has 0 aliphatic rings. The molecule has 86 valence electrons. The summed E-state index contributed by atoms with van der Waals surface area (Å²) >= 11 is 0. The SMILES string of the molecule is N#CC(C#N)=Cc1c(F)cccc1C(F)(F)F. The number of rotatable bonds is 1. The Kier molecular flexibility index (Phi) is 3.49. The molecule has 0 unspecified atom stereocenters. The second kappa shape index (κ2) is 4.67. The van der Waals surface area contributed by atoms with Crippen molar-refractivity contribution in [3.63, 3.8) is 0 Å². The van der Waals surface area contributed by atoms with Crippen LogP contribution in [0.5, 0.6) is 0 Å². The van der Waals surface area contributed by atoms with Crippen molar-refractivity contribution in [2.24, 2.45) is 0 Å². The molecule has 0 saturated heterocycles. The zero-order valence-corrected chi connectivity index (χ0v) is 8.22. The molecule has 0 aliphatic carbocycles. The molecule has 1 rings (SSSR count). The van der Waals surface area contributed by atoms with Gasteiger partial charge in [0, 0.05) is 5.56 Å². The van der Waals surface area contributed by atoms with Crippen molar-refractivity contribution >= 4 is 6.08 Å². The number of hydrogen-bond donors (Lipinski definition) is 0. The number of benzene rings is 1. The average molecular weight is 240 g/mol. The van der Waals surface area contributed by atoms with E-state index in [1.165, 1.54) is 12.1 Å². The Labute approximate surface area is 94.0 Å². The highest BCUT2D eigenvalue weighted by atomic mass is 19.4. The van der Waals surface area contributed by atoms with Crippen LogP contribution in [0.2, 0.25) is 0 Å². The van der Waals surface area contributed by atoms with Gasteiger partial charge in [0.1, 0.15) is 23.5 Å². The maximum Gasteiger partial charge on any atom is 0.417 e. The molecule has 17 heavy (non-hydrogen) atoms. The minimum atomic E-state index is -4.75. The molecule has 2 nitrogen and oxygen atoms in total. The van der Waals surface area contributed by atoms with Crippen LogP contribution < -0.4 is 0 Å². The van der Waals surface area contributed by atoms with Crippen LogP contribution in [0, 0.1) is 28.5 Å². The van der Waals surface area contributed by atoms with Crippen molar-refractivity contribution in [2.45, 2.75) is 6.18 Å². The van der Waals surface area contributed by atoms with Gasteiger partial charge in [-0.25, -0.2) is 4.39 Å². The molecule has 1 aromatic carbocycles. The summed E-state index contributed by atoms with van der Waals surface area (Å²) in [6.45, 7) is 0. The summed E-state index contributed by atoms with van der Waals surface area (Å²) in [6, 6.07) is 5.16. The Bertz CT molecular complexity index is 528. The Morgan fingerprint density at radius 2 is 1.76 bits per heavy atom. The lowest BCUT2D eigenvalue weighted by Gasteiger charge is -2.10. The van der Waals surface area contributed by atoms with Crippen molar-refractivity contribution in [3.05, 3.63) is 40.7 Å². The first-order valence-electron chi connectivity index (χ1n) is 4.27. The summed E-state index contributed by atoms with van der Waals surface area (Å²) in [7, 11) is 0. The van der Waals surface area contributed by atoms with Gasteiger partial charge in [0.25, 0.3) is 0 Å². The molecular formula is C11H4F4N2. The number of halogens is 4. The van der Waals surface area contributed by atoms with Crippen LogP contribution >= 0.6 is 0 Å². The highest BCUT2D eigenvalue weighted by molar-refractivity contribution is 5.65. The smallest absolute Gasteiger partial charge is 0.206 e. The predicted octanol–water partition coefficient (Wildman–Crippen LogP) is 3.28. The second-order valence-corrected chi connectivity index (χ2v) is 2.98. The van der Waals surface area contributed by atoms with Gasteiger partial charge in [-0.2, -0.15) is 23.7 Å². The molecule has 0 fully saturated rings. The van der Waals surface area contributed by atoms with E-state index in [2.05, 4.69) is 0 Å². The van der Waals surface area contributed by atoms with Gasteiger partial charge in [-0.05, 0) is 18.2 Å². The van der Waals surface area contributed by atoms with E-state index in [0.29, 0.717) is 12.1 Å². The van der Waals surface area contributed by atoms with E-state index in [1.54, 1.807) is 0 Å². The average Bonchev–Trinajstić information content (AvgIpc) is 2.26. The van der Waals surface area contributed by atoms with Gasteiger partial charge < -0.3 is 0 Å². The Morgan fingerprint density at radius 1 is 1.18 bits per heavy atom. The summed E-state index contributed by atoms with van der Waals surface area (Å²) in [6.07, 6.45) is -4.16. The summed E-state index contributed by atoms with van der Waals surface area (Å²) in [5.74, 6) is -1.14. The number of allylic oxidation sites excluding steroid dienone is 1. The first-order chi connectivity index (χ1) is 7.90. The lowest BCUT2D eigenvalue weighted by atomic mass is 10.0. The fraction of sp³-hybridized carbons (Fsp3) is 0.0909. The van der Waals surface area contributed by atoms with Crippen LogP contribution in [0.15, 0.2) is 23.8 Å². The van der Waals surface area contributed by atoms with Gasteiger partial charge in [0.05, 0.1) is 5.56 Å². The van der Waals surface area contributed by atoms with Crippen LogP contribution in [0.4, 0.5) is 17.6 Å². The van der Waals surface area contributed by atoms with Gasteiger partial charge in [0.15, 0.2) is 0 Å². The Morgan fingerprint density at radius 3 is 2.24 bits per heavy atom. The van der Waals surface area contributed by atoms with Crippen LogP contribution in [0.3, 0.4) is 0 Å². The molecule has 0 aliphatic heterocycles. The molecule has 0 heterocycles. The fourth-order valence-corrected chi connectivity index (χ4v) is 1.16. The quantitative estimate of drug-likeness (QED) is 0.558. The van der Waals surface area contributed by atoms with Gasteiger partial charge in [-0.3, -0.25) is 0 Å². The summed E-state index contributed by atoms with van der Waals surface area (Å²) in [5.41, 5.74) is -2.63. The molecule has 0 radical (unpaired) electrons. The molecule has 0 saturated carbocycles.